The smallest absolute Gasteiger partial charge is 0.390 e. The zero-order valence-electron chi connectivity index (χ0n) is 17.0. The first-order chi connectivity index (χ1) is 15.2. The molecule has 3 atom stereocenters. The van der Waals surface area contributed by atoms with Crippen molar-refractivity contribution in [2.45, 2.75) is 38.2 Å². The molecular weight excluding hydrogens is 443 g/mol. The maximum absolute atomic E-state index is 12.4. The quantitative estimate of drug-likeness (QED) is 0.269. The van der Waals surface area contributed by atoms with E-state index >= 15 is 0 Å². The maximum atomic E-state index is 12.4. The molecule has 14 heteroatoms. The highest BCUT2D eigenvalue weighted by Gasteiger charge is 2.38. The van der Waals surface area contributed by atoms with E-state index in [2.05, 4.69) is 24.8 Å². The van der Waals surface area contributed by atoms with E-state index < -0.39 is 38.4 Å². The molecule has 1 aromatic carbocycles. The molecule has 0 spiro atoms. The van der Waals surface area contributed by atoms with Crippen molar-refractivity contribution >= 4 is 36.6 Å². The van der Waals surface area contributed by atoms with Crippen molar-refractivity contribution < 1.29 is 28.7 Å². The van der Waals surface area contributed by atoms with E-state index in [1.165, 1.54) is 4.57 Å². The van der Waals surface area contributed by atoms with E-state index in [-0.39, 0.29) is 29.5 Å². The molecule has 1 aliphatic rings. The molecule has 2 aromatic heterocycles. The molecule has 1 saturated heterocycles. The van der Waals surface area contributed by atoms with Crippen molar-refractivity contribution in [2.24, 2.45) is 0 Å². The van der Waals surface area contributed by atoms with Crippen molar-refractivity contribution in [3.63, 3.8) is 0 Å². The van der Waals surface area contributed by atoms with Crippen LogP contribution in [0.3, 0.4) is 0 Å². The maximum Gasteiger partial charge on any atom is 0.469 e. The van der Waals surface area contributed by atoms with Crippen LogP contribution >= 0.6 is 7.82 Å². The summed E-state index contributed by atoms with van der Waals surface area (Å²) in [5, 5.41) is 13.6. The number of imidazole rings is 1. The van der Waals surface area contributed by atoms with Gasteiger partial charge in [-0.2, -0.15) is 4.98 Å². The number of phosphoric ester groups is 1. The lowest BCUT2D eigenvalue weighted by molar-refractivity contribution is -0.0417. The molecule has 32 heavy (non-hydrogen) atoms. The number of rotatable bonds is 7. The summed E-state index contributed by atoms with van der Waals surface area (Å²) in [4.78, 5) is 41.3. The molecule has 3 heterocycles. The van der Waals surface area contributed by atoms with E-state index in [4.69, 9.17) is 20.3 Å². The third-order valence-electron chi connectivity index (χ3n) is 5.11. The number of benzene rings is 1. The molecule has 7 N–H and O–H groups in total. The number of para-hydroxylation sites is 1. The van der Waals surface area contributed by atoms with Crippen molar-refractivity contribution in [2.75, 3.05) is 17.7 Å². The van der Waals surface area contributed by atoms with Crippen LogP contribution in [0.5, 0.6) is 0 Å². The normalized spacial score (nSPS) is 21.3. The Morgan fingerprint density at radius 2 is 2.12 bits per heavy atom. The monoisotopic (exact) mass is 466 g/mol. The van der Waals surface area contributed by atoms with Gasteiger partial charge in [0.1, 0.15) is 12.3 Å². The molecule has 4 rings (SSSR count). The Hall–Kier alpha value is -2.80. The molecule has 1 aliphatic heterocycles. The SMILES string of the molecule is CCc1ccccc1Nc1nc2c(=O)[nH]c(N)nc2n1[C@H]1C[C@H](O)[C@@H](COP(=O)(O)O)O1. The van der Waals surface area contributed by atoms with Crippen LogP contribution in [0.15, 0.2) is 29.1 Å². The number of nitrogens with zero attached hydrogens (tertiary/aromatic N) is 3. The van der Waals surface area contributed by atoms with Gasteiger partial charge in [0.25, 0.3) is 5.56 Å². The molecule has 13 nitrogen and oxygen atoms in total. The molecule has 0 unspecified atom stereocenters. The van der Waals surface area contributed by atoms with Gasteiger partial charge in [-0.15, -0.1) is 0 Å². The number of phosphoric acid groups is 1. The number of aliphatic hydroxyl groups is 1. The molecule has 0 radical (unpaired) electrons. The van der Waals surface area contributed by atoms with Crippen molar-refractivity contribution in [1.29, 1.82) is 0 Å². The Bertz CT molecular complexity index is 1240. The number of hydrogen-bond acceptors (Lipinski definition) is 9. The summed E-state index contributed by atoms with van der Waals surface area (Å²) in [6.07, 6.45) is -2.17. The van der Waals surface area contributed by atoms with E-state index in [1.807, 2.05) is 31.2 Å². The molecular formula is C18H23N6O7P. The molecule has 0 bridgehead atoms. The van der Waals surface area contributed by atoms with Crippen LogP contribution in [-0.2, 0) is 20.2 Å². The molecule has 3 aromatic rings. The van der Waals surface area contributed by atoms with Gasteiger partial charge in [-0.1, -0.05) is 25.1 Å². The van der Waals surface area contributed by atoms with Gasteiger partial charge in [0.15, 0.2) is 11.2 Å². The first-order valence-electron chi connectivity index (χ1n) is 9.82. The largest absolute Gasteiger partial charge is 0.469 e. The number of nitrogens with one attached hydrogen (secondary N) is 2. The Kier molecular flexibility index (Phi) is 6.03. The van der Waals surface area contributed by atoms with Crippen molar-refractivity contribution in [3.05, 3.63) is 40.2 Å². The number of anilines is 3. The van der Waals surface area contributed by atoms with Gasteiger partial charge in [-0.05, 0) is 18.1 Å². The standard InChI is InChI=1S/C18H23N6O7P/c1-2-9-5-3-4-6-10(9)20-18-21-14-15(22-17(19)23-16(14)26)24(18)13-7-11(25)12(31-13)8-30-32(27,28)29/h3-6,11-13,25H,2,7-8H2,1H3,(H,20,21)(H2,27,28,29)(H3,19,22,23,26)/t11-,12+,13+/m0/s1. The fourth-order valence-electron chi connectivity index (χ4n) is 3.63. The number of hydrogen-bond donors (Lipinski definition) is 6. The number of aryl methyl sites for hydroxylation is 1. The fourth-order valence-corrected chi connectivity index (χ4v) is 3.97. The molecule has 0 amide bonds. The third kappa shape index (κ3) is 4.53. The predicted molar refractivity (Wildman–Crippen MR) is 114 cm³/mol. The highest BCUT2D eigenvalue weighted by atomic mass is 31.2. The van der Waals surface area contributed by atoms with Crippen LogP contribution in [0.25, 0.3) is 11.2 Å². The van der Waals surface area contributed by atoms with Gasteiger partial charge in [0.05, 0.1) is 12.7 Å². The number of aromatic nitrogens is 4. The van der Waals surface area contributed by atoms with Gasteiger partial charge in [0.2, 0.25) is 11.9 Å². The van der Waals surface area contributed by atoms with E-state index in [9.17, 15) is 14.5 Å². The van der Waals surface area contributed by atoms with Gasteiger partial charge in [-0.3, -0.25) is 18.9 Å². The molecule has 0 aliphatic carbocycles. The van der Waals surface area contributed by atoms with Gasteiger partial charge in [-0.25, -0.2) is 9.55 Å². The lowest BCUT2D eigenvalue weighted by Crippen LogP contribution is -2.26. The average Bonchev–Trinajstić information content (AvgIpc) is 3.26. The summed E-state index contributed by atoms with van der Waals surface area (Å²) in [7, 11) is -4.74. The molecule has 1 fully saturated rings. The second-order valence-corrected chi connectivity index (χ2v) is 8.52. The summed E-state index contributed by atoms with van der Waals surface area (Å²) >= 11 is 0. The molecule has 172 valence electrons. The number of aromatic amines is 1. The second kappa shape index (κ2) is 8.62. The summed E-state index contributed by atoms with van der Waals surface area (Å²) in [5.41, 5.74) is 7.10. The Labute approximate surface area is 181 Å². The van der Waals surface area contributed by atoms with E-state index in [0.29, 0.717) is 0 Å². The van der Waals surface area contributed by atoms with Crippen LogP contribution in [-0.4, -0.2) is 53.2 Å². The second-order valence-electron chi connectivity index (χ2n) is 7.28. The number of nitrogens with two attached hydrogens (primary N) is 1. The number of ether oxygens (including phenoxy) is 1. The zero-order chi connectivity index (χ0) is 23.0. The van der Waals surface area contributed by atoms with Crippen LogP contribution in [0.1, 0.15) is 25.1 Å². The zero-order valence-corrected chi connectivity index (χ0v) is 17.9. The Balaban J connectivity index is 1.75. The van der Waals surface area contributed by atoms with Crippen LogP contribution in [0.2, 0.25) is 0 Å². The van der Waals surface area contributed by atoms with Crippen LogP contribution < -0.4 is 16.6 Å². The van der Waals surface area contributed by atoms with Crippen LogP contribution in [0, 0.1) is 0 Å². The van der Waals surface area contributed by atoms with Crippen molar-refractivity contribution in [3.8, 4) is 0 Å². The van der Waals surface area contributed by atoms with Crippen LogP contribution in [0.4, 0.5) is 17.6 Å². The number of H-pyrrole nitrogens is 1. The van der Waals surface area contributed by atoms with Gasteiger partial charge in [0, 0.05) is 12.1 Å². The minimum absolute atomic E-state index is 0.0173. The minimum atomic E-state index is -4.74. The van der Waals surface area contributed by atoms with Gasteiger partial charge >= 0.3 is 7.82 Å². The van der Waals surface area contributed by atoms with E-state index in [0.717, 1.165) is 17.7 Å². The highest BCUT2D eigenvalue weighted by molar-refractivity contribution is 7.46. The number of aliphatic hydroxyl groups excluding tert-OH is 1. The first-order valence-corrected chi connectivity index (χ1v) is 11.4. The van der Waals surface area contributed by atoms with Crippen molar-refractivity contribution in [1.82, 2.24) is 19.5 Å². The summed E-state index contributed by atoms with van der Waals surface area (Å²) in [6, 6.07) is 7.56. The number of fused-ring (bicyclic) bond motifs is 1. The third-order valence-corrected chi connectivity index (χ3v) is 5.60. The highest BCUT2D eigenvalue weighted by Crippen LogP contribution is 2.39. The lowest BCUT2D eigenvalue weighted by atomic mass is 10.1. The number of nitrogen functional groups attached to an aromatic ring is 1. The lowest BCUT2D eigenvalue weighted by Gasteiger charge is -2.19. The fraction of sp³-hybridized carbons (Fsp3) is 0.389. The van der Waals surface area contributed by atoms with Gasteiger partial charge < -0.3 is 30.7 Å². The predicted octanol–water partition coefficient (Wildman–Crippen LogP) is 0.765. The summed E-state index contributed by atoms with van der Waals surface area (Å²) in [6.45, 7) is 1.48. The Morgan fingerprint density at radius 1 is 1.38 bits per heavy atom. The molecule has 0 saturated carbocycles. The Morgan fingerprint density at radius 3 is 2.84 bits per heavy atom. The minimum Gasteiger partial charge on any atom is -0.390 e. The summed E-state index contributed by atoms with van der Waals surface area (Å²) < 4.78 is 22.8. The first kappa shape index (κ1) is 22.4. The average molecular weight is 466 g/mol. The summed E-state index contributed by atoms with van der Waals surface area (Å²) in [5.74, 6) is 0.113. The topological polar surface area (TPSA) is 198 Å². The van der Waals surface area contributed by atoms with E-state index in [1.54, 1.807) is 0 Å².